The van der Waals surface area contributed by atoms with Crippen molar-refractivity contribution < 1.29 is 31.1 Å². The molecule has 0 saturated carbocycles. The maximum absolute atomic E-state index is 13.1. The number of benzene rings is 2. The van der Waals surface area contributed by atoms with Crippen LogP contribution in [0, 0.1) is 6.92 Å². The quantitative estimate of drug-likeness (QED) is 0.333. The number of alkyl halides is 6. The molecule has 0 bridgehead atoms. The van der Waals surface area contributed by atoms with Crippen molar-refractivity contribution in [3.63, 3.8) is 0 Å². The number of carbonyl (C=O) groups is 1. The summed E-state index contributed by atoms with van der Waals surface area (Å²) in [5.74, 6) is 0.243. The van der Waals surface area contributed by atoms with E-state index in [1.807, 2.05) is 0 Å². The van der Waals surface area contributed by atoms with Gasteiger partial charge in [-0.15, -0.1) is 0 Å². The van der Waals surface area contributed by atoms with E-state index in [0.717, 1.165) is 12.1 Å². The first kappa shape index (κ1) is 25.2. The Hall–Kier alpha value is -3.44. The summed E-state index contributed by atoms with van der Waals surface area (Å²) in [7, 11) is 0. The van der Waals surface area contributed by atoms with Crippen LogP contribution in [0.1, 0.15) is 30.0 Å². The van der Waals surface area contributed by atoms with Crippen molar-refractivity contribution >= 4 is 23.0 Å². The number of aromatic amines is 1. The predicted octanol–water partition coefficient (Wildman–Crippen LogP) is 5.49. The number of halogens is 6. The van der Waals surface area contributed by atoms with Gasteiger partial charge in [-0.2, -0.15) is 26.3 Å². The number of aromatic nitrogens is 2. The molecule has 3 rings (SSSR count). The van der Waals surface area contributed by atoms with Gasteiger partial charge in [0, 0.05) is 13.1 Å². The summed E-state index contributed by atoms with van der Waals surface area (Å²) < 4.78 is 75.8. The van der Waals surface area contributed by atoms with Crippen LogP contribution in [-0.4, -0.2) is 28.7 Å². The fraction of sp³-hybridized carbons (Fsp3) is 0.318. The molecule has 0 aliphatic rings. The summed E-state index contributed by atoms with van der Waals surface area (Å²) in [5.41, 5.74) is -0.0307. The summed E-state index contributed by atoms with van der Waals surface area (Å²) >= 11 is 0. The van der Waals surface area contributed by atoms with Crippen LogP contribution in [0.4, 0.5) is 37.1 Å². The molecule has 1 aromatic heterocycles. The molecule has 1 heterocycles. The third-order valence-electron chi connectivity index (χ3n) is 4.95. The highest BCUT2D eigenvalue weighted by Crippen LogP contribution is 2.33. The lowest BCUT2D eigenvalue weighted by Crippen LogP contribution is -2.36. The number of fused-ring (bicyclic) bond motifs is 1. The lowest BCUT2D eigenvalue weighted by Gasteiger charge is -2.27. The van der Waals surface area contributed by atoms with Gasteiger partial charge in [0.05, 0.1) is 28.6 Å². The maximum atomic E-state index is 13.1. The van der Waals surface area contributed by atoms with Crippen LogP contribution in [0.25, 0.3) is 11.0 Å². The number of nitrogens with one attached hydrogen (secondary N) is 4. The molecule has 0 fully saturated rings. The first-order chi connectivity index (χ1) is 15.7. The highest BCUT2D eigenvalue weighted by atomic mass is 19.4. The standard InChI is InChI=1S/C22H22F6N5O/c1-20(2,14-6-4-7-15(11-14)22(26,27)28)33-18-31-16-8-3-5-13(17(16)32-18)12-30-19(34)29-10-9-21(23,24)25/h3-8,11H,1,9-10,12H2,2H3,(H2,29,30,34)(H2,31,32,33). The molecule has 6 nitrogen and oxygen atoms in total. The number of carbonyl (C=O) groups excluding carboxylic acids is 1. The second kappa shape index (κ2) is 9.43. The van der Waals surface area contributed by atoms with Gasteiger partial charge in [0.2, 0.25) is 5.95 Å². The van der Waals surface area contributed by atoms with E-state index in [4.69, 9.17) is 0 Å². The summed E-state index contributed by atoms with van der Waals surface area (Å²) in [4.78, 5) is 19.2. The molecule has 1 unspecified atom stereocenters. The van der Waals surface area contributed by atoms with Gasteiger partial charge >= 0.3 is 18.4 Å². The van der Waals surface area contributed by atoms with Crippen molar-refractivity contribution in [3.05, 3.63) is 66.1 Å². The molecule has 3 aromatic rings. The number of H-pyrrole nitrogens is 1. The van der Waals surface area contributed by atoms with Crippen LogP contribution in [0.3, 0.4) is 0 Å². The minimum absolute atomic E-state index is 0.00520. The molecular formula is C22H22F6N5O. The topological polar surface area (TPSA) is 81.8 Å². The summed E-state index contributed by atoms with van der Waals surface area (Å²) in [6.45, 7) is 5.02. The highest BCUT2D eigenvalue weighted by Gasteiger charge is 2.32. The Morgan fingerprint density at radius 3 is 2.38 bits per heavy atom. The van der Waals surface area contributed by atoms with E-state index in [2.05, 4.69) is 32.8 Å². The maximum Gasteiger partial charge on any atom is 0.416 e. The Balaban J connectivity index is 1.71. The molecule has 34 heavy (non-hydrogen) atoms. The smallest absolute Gasteiger partial charge is 0.347 e. The molecule has 2 amide bonds. The number of nitrogens with zero attached hydrogens (tertiary/aromatic N) is 1. The average Bonchev–Trinajstić information content (AvgIpc) is 3.13. The molecular weight excluding hydrogens is 464 g/mol. The van der Waals surface area contributed by atoms with Crippen LogP contribution in [-0.2, 0) is 18.3 Å². The number of hydrogen-bond acceptors (Lipinski definition) is 3. The molecule has 2 aromatic carbocycles. The zero-order valence-electron chi connectivity index (χ0n) is 18.0. The van der Waals surface area contributed by atoms with E-state index < -0.39 is 42.5 Å². The zero-order chi connectivity index (χ0) is 25.1. The Labute approximate surface area is 191 Å². The van der Waals surface area contributed by atoms with E-state index in [9.17, 15) is 31.1 Å². The summed E-state index contributed by atoms with van der Waals surface area (Å²) in [5, 5.41) is 7.58. The SMILES string of the molecule is [CH2]C(C)(Nc1nc2c(CNC(=O)NCCC(F)(F)F)cccc2[nH]1)c1cccc(C(F)(F)F)c1. The predicted molar refractivity (Wildman–Crippen MR) is 115 cm³/mol. The average molecular weight is 486 g/mol. The van der Waals surface area contributed by atoms with Gasteiger partial charge in [0.25, 0.3) is 0 Å². The van der Waals surface area contributed by atoms with Crippen molar-refractivity contribution in [2.75, 3.05) is 11.9 Å². The van der Waals surface area contributed by atoms with Crippen molar-refractivity contribution in [1.29, 1.82) is 0 Å². The lowest BCUT2D eigenvalue weighted by molar-refractivity contribution is -0.137. The first-order valence-corrected chi connectivity index (χ1v) is 10.1. The van der Waals surface area contributed by atoms with E-state index in [0.29, 0.717) is 22.2 Å². The lowest BCUT2D eigenvalue weighted by atomic mass is 9.93. The van der Waals surface area contributed by atoms with E-state index >= 15 is 0 Å². The number of para-hydroxylation sites is 1. The number of imidazole rings is 1. The van der Waals surface area contributed by atoms with Crippen LogP contribution in [0.5, 0.6) is 0 Å². The van der Waals surface area contributed by atoms with Gasteiger partial charge in [-0.25, -0.2) is 9.78 Å². The van der Waals surface area contributed by atoms with E-state index in [-0.39, 0.29) is 12.5 Å². The van der Waals surface area contributed by atoms with Crippen molar-refractivity contribution in [2.24, 2.45) is 0 Å². The number of amides is 2. The highest BCUT2D eigenvalue weighted by molar-refractivity contribution is 5.82. The molecule has 1 atom stereocenters. The van der Waals surface area contributed by atoms with Crippen LogP contribution in [0.15, 0.2) is 42.5 Å². The summed E-state index contributed by atoms with van der Waals surface area (Å²) in [6, 6.07) is 9.12. The number of anilines is 1. The van der Waals surface area contributed by atoms with E-state index in [1.165, 1.54) is 12.1 Å². The molecule has 0 spiro atoms. The monoisotopic (exact) mass is 486 g/mol. The number of urea groups is 1. The largest absolute Gasteiger partial charge is 0.416 e. The van der Waals surface area contributed by atoms with Crippen molar-refractivity contribution in [3.8, 4) is 0 Å². The molecule has 12 heteroatoms. The van der Waals surface area contributed by atoms with Crippen LogP contribution >= 0.6 is 0 Å². The zero-order valence-corrected chi connectivity index (χ0v) is 18.0. The molecule has 0 saturated heterocycles. The first-order valence-electron chi connectivity index (χ1n) is 10.1. The molecule has 0 aliphatic carbocycles. The fourth-order valence-electron chi connectivity index (χ4n) is 3.22. The molecule has 0 aliphatic heterocycles. The van der Waals surface area contributed by atoms with Gasteiger partial charge in [-0.1, -0.05) is 24.3 Å². The minimum Gasteiger partial charge on any atom is -0.347 e. The number of rotatable bonds is 7. The van der Waals surface area contributed by atoms with Gasteiger partial charge in [0.15, 0.2) is 0 Å². The Bertz CT molecular complexity index is 1150. The second-order valence-corrected chi connectivity index (χ2v) is 7.91. The Morgan fingerprint density at radius 1 is 1.03 bits per heavy atom. The van der Waals surface area contributed by atoms with Gasteiger partial charge in [-0.3, -0.25) is 0 Å². The molecule has 1 radical (unpaired) electrons. The van der Waals surface area contributed by atoms with Crippen molar-refractivity contribution in [2.45, 2.75) is 37.8 Å². The minimum atomic E-state index is -4.49. The molecule has 4 N–H and O–H groups in total. The van der Waals surface area contributed by atoms with Crippen LogP contribution < -0.4 is 16.0 Å². The third kappa shape index (κ3) is 6.55. The van der Waals surface area contributed by atoms with Gasteiger partial charge in [-0.05, 0) is 43.2 Å². The normalized spacial score (nSPS) is 12.6. The fourth-order valence-corrected chi connectivity index (χ4v) is 3.22. The Kier molecular flexibility index (Phi) is 6.99. The van der Waals surface area contributed by atoms with E-state index in [1.54, 1.807) is 25.1 Å². The third-order valence-corrected chi connectivity index (χ3v) is 4.95. The second-order valence-electron chi connectivity index (χ2n) is 7.91. The van der Waals surface area contributed by atoms with Gasteiger partial charge < -0.3 is 20.9 Å². The molecule has 183 valence electrons. The number of hydrogen-bond donors (Lipinski definition) is 4. The van der Waals surface area contributed by atoms with Crippen LogP contribution in [0.2, 0.25) is 0 Å². The van der Waals surface area contributed by atoms with Crippen molar-refractivity contribution in [1.82, 2.24) is 20.6 Å². The van der Waals surface area contributed by atoms with Gasteiger partial charge in [0.1, 0.15) is 0 Å². The Morgan fingerprint density at radius 2 is 1.71 bits per heavy atom. The summed E-state index contributed by atoms with van der Waals surface area (Å²) in [6.07, 6.45) is -10.00.